The maximum atomic E-state index is 6.16. The number of hydrogen-bond acceptors (Lipinski definition) is 5. The molecular formula is C15H18ClN3OS. The highest BCUT2D eigenvalue weighted by Gasteiger charge is 2.26. The van der Waals surface area contributed by atoms with Gasteiger partial charge in [-0.2, -0.15) is 11.8 Å². The Morgan fingerprint density at radius 2 is 2.14 bits per heavy atom. The highest BCUT2D eigenvalue weighted by atomic mass is 35.5. The van der Waals surface area contributed by atoms with E-state index in [-0.39, 0.29) is 0 Å². The summed E-state index contributed by atoms with van der Waals surface area (Å²) in [5.74, 6) is 2.29. The van der Waals surface area contributed by atoms with Gasteiger partial charge in [0.2, 0.25) is 11.8 Å². The van der Waals surface area contributed by atoms with Crippen molar-refractivity contribution in [2.45, 2.75) is 31.7 Å². The Morgan fingerprint density at radius 1 is 1.33 bits per heavy atom. The van der Waals surface area contributed by atoms with E-state index in [1.807, 2.05) is 36.0 Å². The van der Waals surface area contributed by atoms with Gasteiger partial charge in [0.25, 0.3) is 0 Å². The van der Waals surface area contributed by atoms with Crippen LogP contribution in [-0.2, 0) is 6.54 Å². The maximum absolute atomic E-state index is 6.16. The Labute approximate surface area is 133 Å². The molecule has 1 aromatic heterocycles. The highest BCUT2D eigenvalue weighted by molar-refractivity contribution is 8.00. The first-order valence-corrected chi connectivity index (χ1v) is 8.51. The zero-order valence-electron chi connectivity index (χ0n) is 12.1. The van der Waals surface area contributed by atoms with Crippen molar-refractivity contribution in [1.29, 1.82) is 0 Å². The van der Waals surface area contributed by atoms with Crippen LogP contribution in [0.15, 0.2) is 28.7 Å². The molecule has 0 saturated carbocycles. The molecule has 21 heavy (non-hydrogen) atoms. The predicted octanol–water partition coefficient (Wildman–Crippen LogP) is 3.72. The molecule has 6 heteroatoms. The lowest BCUT2D eigenvalue weighted by Crippen LogP contribution is -2.44. The number of thioether (sulfide) groups is 1. The molecule has 0 bridgehead atoms. The molecule has 2 aromatic rings. The second-order valence-corrected chi connectivity index (χ2v) is 7.16. The summed E-state index contributed by atoms with van der Waals surface area (Å²) in [7, 11) is 0. The van der Waals surface area contributed by atoms with Gasteiger partial charge in [-0.1, -0.05) is 30.7 Å². The summed E-state index contributed by atoms with van der Waals surface area (Å²) >= 11 is 8.18. The second-order valence-electron chi connectivity index (χ2n) is 5.27. The van der Waals surface area contributed by atoms with E-state index in [2.05, 4.69) is 28.9 Å². The molecule has 1 aliphatic heterocycles. The standard InChI is InChI=1S/C15H18ClN3OS/c1-10-11(2)21-8-7-19(10)9-14-17-18-15(20-14)12-5-3-4-6-13(12)16/h3-6,10-11H,7-9H2,1-2H3/t10-,11-/m0/s1. The third-order valence-corrected chi connectivity index (χ3v) is 5.59. The first-order valence-electron chi connectivity index (χ1n) is 7.08. The van der Waals surface area contributed by atoms with Crippen LogP contribution in [0.2, 0.25) is 5.02 Å². The smallest absolute Gasteiger partial charge is 0.249 e. The summed E-state index contributed by atoms with van der Waals surface area (Å²) in [6, 6.07) is 8.03. The topological polar surface area (TPSA) is 42.2 Å². The molecule has 1 aliphatic rings. The third-order valence-electron chi connectivity index (χ3n) is 3.92. The van der Waals surface area contributed by atoms with Gasteiger partial charge < -0.3 is 4.42 Å². The first kappa shape index (κ1) is 14.9. The summed E-state index contributed by atoms with van der Waals surface area (Å²) < 4.78 is 5.78. The van der Waals surface area contributed by atoms with E-state index in [1.165, 1.54) is 0 Å². The minimum absolute atomic E-state index is 0.489. The molecule has 0 N–H and O–H groups in total. The minimum Gasteiger partial charge on any atom is -0.419 e. The average molecular weight is 324 g/mol. The molecule has 2 atom stereocenters. The molecule has 0 amide bonds. The largest absolute Gasteiger partial charge is 0.419 e. The molecule has 2 heterocycles. The van der Waals surface area contributed by atoms with Crippen molar-refractivity contribution in [3.05, 3.63) is 35.2 Å². The number of hydrogen-bond donors (Lipinski definition) is 0. The Bertz CT molecular complexity index is 618. The summed E-state index contributed by atoms with van der Waals surface area (Å²) in [6.45, 7) is 6.27. The molecule has 1 fully saturated rings. The molecule has 3 rings (SSSR count). The molecule has 0 spiro atoms. The fourth-order valence-corrected chi connectivity index (χ4v) is 3.83. The maximum Gasteiger partial charge on any atom is 0.249 e. The van der Waals surface area contributed by atoms with E-state index in [1.54, 1.807) is 0 Å². The van der Waals surface area contributed by atoms with Gasteiger partial charge in [-0.25, -0.2) is 0 Å². The minimum atomic E-state index is 0.489. The lowest BCUT2D eigenvalue weighted by molar-refractivity contribution is 0.186. The summed E-state index contributed by atoms with van der Waals surface area (Å²) in [5, 5.41) is 9.55. The van der Waals surface area contributed by atoms with Crippen LogP contribution in [-0.4, -0.2) is 38.7 Å². The number of nitrogens with zero attached hydrogens (tertiary/aromatic N) is 3. The van der Waals surface area contributed by atoms with E-state index in [0.717, 1.165) is 17.9 Å². The number of benzene rings is 1. The van der Waals surface area contributed by atoms with Crippen LogP contribution in [0.25, 0.3) is 11.5 Å². The van der Waals surface area contributed by atoms with Crippen molar-refractivity contribution in [2.75, 3.05) is 12.3 Å². The van der Waals surface area contributed by atoms with Gasteiger partial charge >= 0.3 is 0 Å². The Morgan fingerprint density at radius 3 is 2.95 bits per heavy atom. The first-order chi connectivity index (χ1) is 10.1. The van der Waals surface area contributed by atoms with Gasteiger partial charge in [-0.05, 0) is 19.1 Å². The monoisotopic (exact) mass is 323 g/mol. The Hall–Kier alpha value is -1.04. The van der Waals surface area contributed by atoms with E-state index >= 15 is 0 Å². The number of aromatic nitrogens is 2. The van der Waals surface area contributed by atoms with E-state index in [4.69, 9.17) is 16.0 Å². The van der Waals surface area contributed by atoms with Gasteiger partial charge in [0.1, 0.15) is 0 Å². The predicted molar refractivity (Wildman–Crippen MR) is 86.5 cm³/mol. The lowest BCUT2D eigenvalue weighted by atomic mass is 10.2. The molecule has 112 valence electrons. The fourth-order valence-electron chi connectivity index (χ4n) is 2.45. The molecule has 0 radical (unpaired) electrons. The van der Waals surface area contributed by atoms with Gasteiger partial charge in [0, 0.05) is 23.6 Å². The SMILES string of the molecule is C[C@@H]1SCCN(Cc2nnc(-c3ccccc3Cl)o2)[C@H]1C. The van der Waals surface area contributed by atoms with Crippen molar-refractivity contribution < 1.29 is 4.42 Å². The van der Waals surface area contributed by atoms with Crippen LogP contribution in [0, 0.1) is 0 Å². The van der Waals surface area contributed by atoms with Crippen molar-refractivity contribution in [1.82, 2.24) is 15.1 Å². The quantitative estimate of drug-likeness (QED) is 0.861. The van der Waals surface area contributed by atoms with Crippen LogP contribution < -0.4 is 0 Å². The molecule has 4 nitrogen and oxygen atoms in total. The van der Waals surface area contributed by atoms with Gasteiger partial charge in [-0.3, -0.25) is 4.90 Å². The van der Waals surface area contributed by atoms with Crippen LogP contribution in [0.3, 0.4) is 0 Å². The van der Waals surface area contributed by atoms with Crippen LogP contribution in [0.1, 0.15) is 19.7 Å². The Kier molecular flexibility index (Phi) is 4.52. The normalized spacial score (nSPS) is 23.4. The van der Waals surface area contributed by atoms with E-state index in [0.29, 0.717) is 34.6 Å². The summed E-state index contributed by atoms with van der Waals surface area (Å²) in [6.07, 6.45) is 0. The van der Waals surface area contributed by atoms with E-state index < -0.39 is 0 Å². The van der Waals surface area contributed by atoms with Crippen LogP contribution >= 0.6 is 23.4 Å². The van der Waals surface area contributed by atoms with Crippen molar-refractivity contribution in [3.8, 4) is 11.5 Å². The van der Waals surface area contributed by atoms with Gasteiger partial charge in [0.05, 0.1) is 17.1 Å². The molecule has 0 aliphatic carbocycles. The highest BCUT2D eigenvalue weighted by Crippen LogP contribution is 2.28. The van der Waals surface area contributed by atoms with Crippen molar-refractivity contribution in [2.24, 2.45) is 0 Å². The third kappa shape index (κ3) is 3.25. The average Bonchev–Trinajstić information content (AvgIpc) is 2.93. The van der Waals surface area contributed by atoms with Crippen molar-refractivity contribution in [3.63, 3.8) is 0 Å². The van der Waals surface area contributed by atoms with Gasteiger partial charge in [0.15, 0.2) is 0 Å². The Balaban J connectivity index is 1.75. The fraction of sp³-hybridized carbons (Fsp3) is 0.467. The number of halogens is 1. The van der Waals surface area contributed by atoms with Crippen LogP contribution in [0.5, 0.6) is 0 Å². The zero-order valence-corrected chi connectivity index (χ0v) is 13.7. The lowest BCUT2D eigenvalue weighted by Gasteiger charge is -2.36. The summed E-state index contributed by atoms with van der Waals surface area (Å²) in [5.41, 5.74) is 0.786. The molecule has 1 aromatic carbocycles. The second kappa shape index (κ2) is 6.38. The van der Waals surface area contributed by atoms with Crippen LogP contribution in [0.4, 0.5) is 0 Å². The number of rotatable bonds is 3. The summed E-state index contributed by atoms with van der Waals surface area (Å²) in [4.78, 5) is 2.39. The molecular weight excluding hydrogens is 306 g/mol. The van der Waals surface area contributed by atoms with E-state index in [9.17, 15) is 0 Å². The van der Waals surface area contributed by atoms with Gasteiger partial charge in [-0.15, -0.1) is 10.2 Å². The molecule has 0 unspecified atom stereocenters. The zero-order chi connectivity index (χ0) is 14.8. The molecule has 1 saturated heterocycles. The van der Waals surface area contributed by atoms with Crippen molar-refractivity contribution >= 4 is 23.4 Å².